The van der Waals surface area contributed by atoms with Crippen LogP contribution in [0.3, 0.4) is 0 Å². The van der Waals surface area contributed by atoms with Gasteiger partial charge in [-0.15, -0.1) is 0 Å². The molecular formula is C24H24OP2. The molecular weight excluding hydrogens is 366 g/mol. The summed E-state index contributed by atoms with van der Waals surface area (Å²) in [5, 5.41) is 4.76. The second-order valence-corrected chi connectivity index (χ2v) is 12.5. The van der Waals surface area contributed by atoms with Crippen LogP contribution in [-0.4, -0.2) is 6.16 Å². The monoisotopic (exact) mass is 390 g/mol. The van der Waals surface area contributed by atoms with Gasteiger partial charge in [0.2, 0.25) is 0 Å². The molecule has 1 aliphatic heterocycles. The maximum atomic E-state index is 14.5. The third-order valence-corrected chi connectivity index (χ3v) is 12.6. The highest BCUT2D eigenvalue weighted by molar-refractivity contribution is 7.94. The first-order valence-corrected chi connectivity index (χ1v) is 12.6. The molecule has 0 radical (unpaired) electrons. The lowest BCUT2D eigenvalue weighted by Gasteiger charge is -2.27. The summed E-state index contributed by atoms with van der Waals surface area (Å²) in [6.07, 6.45) is 0.747. The van der Waals surface area contributed by atoms with E-state index in [0.29, 0.717) is 5.92 Å². The Hall–Kier alpha value is -1.94. The van der Waals surface area contributed by atoms with E-state index in [0.717, 1.165) is 11.5 Å². The molecule has 0 bridgehead atoms. The SMILES string of the molecule is CC1=C(P(c2ccccc2)c2ccccc2)P(=O)(c2ccccc2)CC1C. The summed E-state index contributed by atoms with van der Waals surface area (Å²) in [5.74, 6) is 0.350. The van der Waals surface area contributed by atoms with Crippen LogP contribution in [-0.2, 0) is 4.57 Å². The molecule has 0 fully saturated rings. The molecule has 0 amide bonds. The minimum absolute atomic E-state index is 0.350. The van der Waals surface area contributed by atoms with Crippen molar-refractivity contribution in [1.29, 1.82) is 0 Å². The summed E-state index contributed by atoms with van der Waals surface area (Å²) < 4.78 is 14.5. The molecule has 3 aromatic carbocycles. The first-order chi connectivity index (χ1) is 13.1. The van der Waals surface area contributed by atoms with Crippen molar-refractivity contribution < 1.29 is 4.57 Å². The maximum Gasteiger partial charge on any atom is 0.144 e. The third kappa shape index (κ3) is 3.36. The van der Waals surface area contributed by atoms with Crippen LogP contribution in [0.4, 0.5) is 0 Å². The summed E-state index contributed by atoms with van der Waals surface area (Å²) >= 11 is 0. The van der Waals surface area contributed by atoms with Crippen molar-refractivity contribution in [2.45, 2.75) is 13.8 Å². The van der Waals surface area contributed by atoms with Gasteiger partial charge in [-0.25, -0.2) is 0 Å². The topological polar surface area (TPSA) is 17.1 Å². The summed E-state index contributed by atoms with van der Waals surface area (Å²) in [5.41, 5.74) is 1.32. The van der Waals surface area contributed by atoms with Crippen LogP contribution in [0.5, 0.6) is 0 Å². The van der Waals surface area contributed by atoms with Crippen molar-refractivity contribution in [3.05, 3.63) is 102 Å². The lowest BCUT2D eigenvalue weighted by Crippen LogP contribution is -2.15. The van der Waals surface area contributed by atoms with Gasteiger partial charge in [0.1, 0.15) is 7.14 Å². The highest BCUT2D eigenvalue weighted by atomic mass is 31.2. The molecule has 4 rings (SSSR count). The van der Waals surface area contributed by atoms with Crippen molar-refractivity contribution in [1.82, 2.24) is 0 Å². The summed E-state index contributed by atoms with van der Waals surface area (Å²) in [6.45, 7) is 4.42. The molecule has 0 saturated heterocycles. The number of rotatable bonds is 4. The Balaban J connectivity index is 1.96. The van der Waals surface area contributed by atoms with Crippen LogP contribution in [0.25, 0.3) is 0 Å². The van der Waals surface area contributed by atoms with E-state index in [1.54, 1.807) is 0 Å². The minimum atomic E-state index is -2.62. The quantitative estimate of drug-likeness (QED) is 0.523. The fourth-order valence-corrected chi connectivity index (χ4v) is 11.9. The van der Waals surface area contributed by atoms with Gasteiger partial charge in [-0.1, -0.05) is 103 Å². The normalized spacial score (nSPS) is 22.4. The fraction of sp³-hybridized carbons (Fsp3) is 0.167. The lowest BCUT2D eigenvalue weighted by molar-refractivity contribution is 0.584. The van der Waals surface area contributed by atoms with Crippen molar-refractivity contribution >= 4 is 31.0 Å². The largest absolute Gasteiger partial charge is 0.314 e. The zero-order valence-electron chi connectivity index (χ0n) is 15.7. The smallest absolute Gasteiger partial charge is 0.144 e. The number of hydrogen-bond donors (Lipinski definition) is 0. The molecule has 3 aromatic rings. The van der Waals surface area contributed by atoms with E-state index < -0.39 is 15.1 Å². The van der Waals surface area contributed by atoms with Gasteiger partial charge >= 0.3 is 0 Å². The zero-order valence-corrected chi connectivity index (χ0v) is 17.5. The van der Waals surface area contributed by atoms with E-state index in [2.05, 4.69) is 86.6 Å². The van der Waals surface area contributed by atoms with E-state index >= 15 is 0 Å². The van der Waals surface area contributed by atoms with E-state index in [4.69, 9.17) is 0 Å². The standard InChI is InChI=1S/C24H24OP2/c1-19-18-27(25,23-16-10-5-11-17-23)24(20(19)2)26(21-12-6-3-7-13-21)22-14-8-4-9-15-22/h3-17,19H,18H2,1-2H3. The molecule has 2 unspecified atom stereocenters. The number of allylic oxidation sites excluding steroid dienone is 1. The van der Waals surface area contributed by atoms with E-state index in [-0.39, 0.29) is 0 Å². The molecule has 1 nitrogen and oxygen atoms in total. The van der Waals surface area contributed by atoms with E-state index in [9.17, 15) is 4.57 Å². The van der Waals surface area contributed by atoms with Crippen LogP contribution >= 0.6 is 15.1 Å². The van der Waals surface area contributed by atoms with Gasteiger partial charge in [0.25, 0.3) is 0 Å². The highest BCUT2D eigenvalue weighted by Crippen LogP contribution is 2.72. The Morgan fingerprint density at radius 1 is 0.778 bits per heavy atom. The molecule has 27 heavy (non-hydrogen) atoms. The molecule has 0 spiro atoms. The number of hydrogen-bond acceptors (Lipinski definition) is 1. The molecule has 1 heterocycles. The van der Waals surface area contributed by atoms with Gasteiger partial charge in [0, 0.05) is 16.5 Å². The minimum Gasteiger partial charge on any atom is -0.314 e. The van der Waals surface area contributed by atoms with Crippen LogP contribution in [0.15, 0.2) is 102 Å². The Morgan fingerprint density at radius 2 is 1.22 bits per heavy atom. The van der Waals surface area contributed by atoms with Crippen molar-refractivity contribution in [2.75, 3.05) is 6.16 Å². The lowest BCUT2D eigenvalue weighted by atomic mass is 10.1. The van der Waals surface area contributed by atoms with Gasteiger partial charge < -0.3 is 4.57 Å². The van der Waals surface area contributed by atoms with Crippen LogP contribution < -0.4 is 15.9 Å². The molecule has 0 N–H and O–H groups in total. The molecule has 0 saturated carbocycles. The van der Waals surface area contributed by atoms with Gasteiger partial charge in [-0.2, -0.15) is 0 Å². The third-order valence-electron chi connectivity index (χ3n) is 5.38. The summed E-state index contributed by atoms with van der Waals surface area (Å²) in [7, 11) is -3.44. The molecule has 136 valence electrons. The molecule has 2 atom stereocenters. The van der Waals surface area contributed by atoms with Crippen LogP contribution in [0.2, 0.25) is 0 Å². The van der Waals surface area contributed by atoms with Crippen LogP contribution in [0.1, 0.15) is 13.8 Å². The Labute approximate surface area is 163 Å². The maximum absolute atomic E-state index is 14.5. The van der Waals surface area contributed by atoms with Crippen molar-refractivity contribution in [3.63, 3.8) is 0 Å². The van der Waals surface area contributed by atoms with E-state index in [1.807, 2.05) is 18.2 Å². The fourth-order valence-electron chi connectivity index (χ4n) is 3.90. The predicted molar refractivity (Wildman–Crippen MR) is 119 cm³/mol. The average molecular weight is 390 g/mol. The Kier molecular flexibility index (Phi) is 5.18. The molecule has 0 aromatic heterocycles. The highest BCUT2D eigenvalue weighted by Gasteiger charge is 2.43. The van der Waals surface area contributed by atoms with Gasteiger partial charge in [0.15, 0.2) is 0 Å². The number of benzene rings is 3. The first-order valence-electron chi connectivity index (χ1n) is 9.37. The Morgan fingerprint density at radius 3 is 1.70 bits per heavy atom. The second kappa shape index (κ2) is 7.59. The second-order valence-electron chi connectivity index (χ2n) is 7.17. The van der Waals surface area contributed by atoms with Crippen molar-refractivity contribution in [3.8, 4) is 0 Å². The summed E-state index contributed by atoms with van der Waals surface area (Å²) in [6, 6.07) is 31.4. The zero-order chi connectivity index (χ0) is 18.9. The first kappa shape index (κ1) is 18.4. The van der Waals surface area contributed by atoms with Gasteiger partial charge in [0.05, 0.1) is 0 Å². The molecule has 3 heteroatoms. The Bertz CT molecular complexity index is 955. The molecule has 1 aliphatic rings. The van der Waals surface area contributed by atoms with Crippen molar-refractivity contribution in [2.24, 2.45) is 5.92 Å². The summed E-state index contributed by atoms with van der Waals surface area (Å²) in [4.78, 5) is 0. The van der Waals surface area contributed by atoms with Gasteiger partial charge in [-0.3, -0.25) is 0 Å². The molecule has 0 aliphatic carbocycles. The average Bonchev–Trinajstić information content (AvgIpc) is 2.95. The van der Waals surface area contributed by atoms with Gasteiger partial charge in [-0.05, 0) is 31.4 Å². The predicted octanol–water partition coefficient (Wildman–Crippen LogP) is 5.69. The van der Waals surface area contributed by atoms with Crippen LogP contribution in [0, 0.1) is 5.92 Å². The van der Waals surface area contributed by atoms with E-state index in [1.165, 1.54) is 21.2 Å².